The first-order chi connectivity index (χ1) is 33.8. The van der Waals surface area contributed by atoms with Gasteiger partial charge in [-0.15, -0.1) is 0 Å². The fourth-order valence-electron chi connectivity index (χ4n) is 8.97. The van der Waals surface area contributed by atoms with Crippen LogP contribution < -0.4 is 14.9 Å². The number of nitrogens with zero attached hydrogens (tertiary/aromatic N) is 2. The van der Waals surface area contributed by atoms with Crippen LogP contribution in [-0.2, 0) is 49.8 Å². The summed E-state index contributed by atoms with van der Waals surface area (Å²) in [7, 11) is -1.27. The third-order valence-corrected chi connectivity index (χ3v) is 12.2. The number of halogens is 2. The van der Waals surface area contributed by atoms with Gasteiger partial charge in [0.25, 0.3) is 0 Å². The van der Waals surface area contributed by atoms with Crippen molar-refractivity contribution in [1.82, 2.24) is 9.80 Å². The van der Waals surface area contributed by atoms with Crippen LogP contribution in [0.5, 0.6) is 11.5 Å². The summed E-state index contributed by atoms with van der Waals surface area (Å²) >= 11 is 0. The van der Waals surface area contributed by atoms with Gasteiger partial charge in [-0.05, 0) is 80.3 Å². The predicted molar refractivity (Wildman–Crippen MR) is 264 cm³/mol. The summed E-state index contributed by atoms with van der Waals surface area (Å²) in [6.07, 6.45) is -2.10. The van der Waals surface area contributed by atoms with Gasteiger partial charge in [-0.25, -0.2) is 8.78 Å². The van der Waals surface area contributed by atoms with Gasteiger partial charge in [0.05, 0.1) is 25.4 Å². The maximum atomic E-state index is 15.1. The number of ether oxygens (including phenoxy) is 6. The van der Waals surface area contributed by atoms with Gasteiger partial charge in [-0.2, -0.15) is 0 Å². The number of fused-ring (bicyclic) bond motifs is 1. The molecule has 6 aromatic carbocycles. The normalized spacial score (nSPS) is 19.5. The molecular weight excluding hydrogens is 893 g/mol. The summed E-state index contributed by atoms with van der Waals surface area (Å²) in [5, 5.41) is 21.8. The number of benzene rings is 6. The lowest BCUT2D eigenvalue weighted by Crippen LogP contribution is -2.32. The number of hydrogen-bond acceptors (Lipinski definition) is 11. The van der Waals surface area contributed by atoms with Crippen molar-refractivity contribution in [1.29, 1.82) is 0 Å². The number of hydrogen-bond donors (Lipinski definition) is 2. The average Bonchev–Trinajstić information content (AvgIpc) is 4.01. The Morgan fingerprint density at radius 1 is 0.614 bits per heavy atom. The standard InChI is InChI=1S/C28H31BFNO5.C28H32FNO4/c1-28(2)34-19-22(35-28)18-33-24-14-13-23(30)26-25(36-29(32)27(24)26)17-31(15-20-9-5-3-6-10-20)16-21-11-7-4-8-12-21;1-28(2)33-20-24(34-28)19-32-23-13-14-26(29)25(15-23)27(31)18-30(16-21-9-5-3-6-10-21)17-22-11-7-4-8-12-22/h3-14,22,25,32H,15-19H2,1-2H3;3-15,24,27,31H,16-20H2,1-2H3/t22-,25+;24-,27+/m00/s1. The lowest BCUT2D eigenvalue weighted by atomic mass is 9.78. The van der Waals surface area contributed by atoms with Crippen molar-refractivity contribution < 1.29 is 52.0 Å². The number of aliphatic hydroxyl groups excluding tert-OH is 1. The van der Waals surface area contributed by atoms with E-state index < -0.39 is 42.5 Å². The number of aliphatic hydroxyl groups is 1. The van der Waals surface area contributed by atoms with E-state index in [2.05, 4.69) is 58.3 Å². The van der Waals surface area contributed by atoms with E-state index in [1.54, 1.807) is 12.1 Å². The van der Waals surface area contributed by atoms with Gasteiger partial charge in [0, 0.05) is 55.9 Å². The number of rotatable bonds is 19. The lowest BCUT2D eigenvalue weighted by molar-refractivity contribution is -0.141. The van der Waals surface area contributed by atoms with E-state index in [1.165, 1.54) is 18.2 Å². The Kier molecular flexibility index (Phi) is 17.1. The molecule has 0 unspecified atom stereocenters. The molecule has 9 rings (SSSR count). The summed E-state index contributed by atoms with van der Waals surface area (Å²) in [6, 6.07) is 47.8. The van der Waals surface area contributed by atoms with Gasteiger partial charge in [0.1, 0.15) is 48.6 Å². The predicted octanol–water partition coefficient (Wildman–Crippen LogP) is 8.91. The van der Waals surface area contributed by atoms with E-state index in [0.717, 1.165) is 22.3 Å². The SMILES string of the molecule is CC1(C)OC[C@H](COc2ccc(F)c([C@H](O)CN(Cc3ccccc3)Cc3ccccc3)c2)O1.CC1(C)OC[C@H](COc2ccc(F)c3c2B(O)O[C@@H]3CN(Cc2ccccc2)Cc2ccccc2)O1. The second-order valence-corrected chi connectivity index (χ2v) is 18.9. The summed E-state index contributed by atoms with van der Waals surface area (Å²) in [5.41, 5.74) is 5.45. The lowest BCUT2D eigenvalue weighted by Gasteiger charge is -2.26. The monoisotopic (exact) mass is 956 g/mol. The molecule has 2 fully saturated rings. The van der Waals surface area contributed by atoms with Crippen LogP contribution in [0.25, 0.3) is 0 Å². The molecule has 368 valence electrons. The van der Waals surface area contributed by atoms with E-state index in [9.17, 15) is 14.5 Å². The minimum Gasteiger partial charge on any atom is -0.491 e. The largest absolute Gasteiger partial charge is 0.495 e. The first-order valence-electron chi connectivity index (χ1n) is 23.9. The van der Waals surface area contributed by atoms with Crippen molar-refractivity contribution in [3.63, 3.8) is 0 Å². The Bertz CT molecular complexity index is 2480. The first-order valence-corrected chi connectivity index (χ1v) is 23.9. The molecule has 4 atom stereocenters. The van der Waals surface area contributed by atoms with Crippen molar-refractivity contribution in [2.24, 2.45) is 0 Å². The molecule has 70 heavy (non-hydrogen) atoms. The van der Waals surface area contributed by atoms with Crippen LogP contribution >= 0.6 is 0 Å². The highest BCUT2D eigenvalue weighted by Crippen LogP contribution is 2.33. The van der Waals surface area contributed by atoms with Crippen LogP contribution in [0.4, 0.5) is 8.78 Å². The average molecular weight is 957 g/mol. The van der Waals surface area contributed by atoms with E-state index in [0.29, 0.717) is 75.1 Å². The Morgan fingerprint density at radius 3 is 1.54 bits per heavy atom. The highest BCUT2D eigenvalue weighted by atomic mass is 19.1. The quantitative estimate of drug-likeness (QED) is 0.0760. The topological polar surface area (TPSA) is 112 Å². The molecule has 0 saturated carbocycles. The molecule has 6 aromatic rings. The minimum atomic E-state index is -1.27. The maximum Gasteiger partial charge on any atom is 0.495 e. The molecule has 3 aliphatic heterocycles. The summed E-state index contributed by atoms with van der Waals surface area (Å²) in [6.45, 7) is 12.1. The molecule has 0 radical (unpaired) electrons. The molecule has 0 amide bonds. The van der Waals surface area contributed by atoms with Gasteiger partial charge in [-0.3, -0.25) is 9.80 Å². The van der Waals surface area contributed by atoms with Crippen LogP contribution in [-0.4, -0.2) is 90.3 Å². The van der Waals surface area contributed by atoms with Gasteiger partial charge in [0.2, 0.25) is 0 Å². The highest BCUT2D eigenvalue weighted by molar-refractivity contribution is 6.63. The third-order valence-electron chi connectivity index (χ3n) is 12.2. The van der Waals surface area contributed by atoms with Gasteiger partial charge in [0.15, 0.2) is 11.6 Å². The molecule has 0 aromatic heterocycles. The molecule has 2 N–H and O–H groups in total. The molecule has 0 spiro atoms. The van der Waals surface area contributed by atoms with Gasteiger partial charge >= 0.3 is 7.12 Å². The van der Waals surface area contributed by atoms with E-state index >= 15 is 4.39 Å². The van der Waals surface area contributed by atoms with Gasteiger partial charge < -0.3 is 43.2 Å². The minimum absolute atomic E-state index is 0.194. The Labute approximate surface area is 410 Å². The second-order valence-electron chi connectivity index (χ2n) is 18.9. The fraction of sp³-hybridized carbons (Fsp3) is 0.357. The maximum absolute atomic E-state index is 15.1. The first kappa shape index (κ1) is 50.9. The molecular formula is C56H63BF2N2O9. The Balaban J connectivity index is 0.000000189. The second kappa shape index (κ2) is 23.6. The van der Waals surface area contributed by atoms with Crippen LogP contribution in [0, 0.1) is 11.6 Å². The summed E-state index contributed by atoms with van der Waals surface area (Å²) < 4.78 is 70.2. The van der Waals surface area contributed by atoms with E-state index in [1.807, 2.05) is 100 Å². The smallest absolute Gasteiger partial charge is 0.491 e. The van der Waals surface area contributed by atoms with Crippen molar-refractivity contribution in [3.05, 3.63) is 197 Å². The molecule has 0 aliphatic carbocycles. The van der Waals surface area contributed by atoms with Crippen LogP contribution in [0.2, 0.25) is 0 Å². The third kappa shape index (κ3) is 14.3. The van der Waals surface area contributed by atoms with Crippen molar-refractivity contribution in [3.8, 4) is 11.5 Å². The zero-order valence-electron chi connectivity index (χ0n) is 40.3. The van der Waals surface area contributed by atoms with Crippen LogP contribution in [0.15, 0.2) is 152 Å². The molecule has 3 aliphatic rings. The highest BCUT2D eigenvalue weighted by Gasteiger charge is 2.42. The van der Waals surface area contributed by atoms with Crippen molar-refractivity contribution in [2.45, 2.75) is 89.9 Å². The molecule has 3 heterocycles. The molecule has 14 heteroatoms. The Hall–Kier alpha value is -5.52. The fourth-order valence-corrected chi connectivity index (χ4v) is 8.97. The molecule has 11 nitrogen and oxygen atoms in total. The van der Waals surface area contributed by atoms with E-state index in [4.69, 9.17) is 33.1 Å². The summed E-state index contributed by atoms with van der Waals surface area (Å²) in [4.78, 5) is 4.32. The van der Waals surface area contributed by atoms with Crippen molar-refractivity contribution in [2.75, 3.05) is 39.5 Å². The Morgan fingerprint density at radius 2 is 1.07 bits per heavy atom. The zero-order chi connectivity index (χ0) is 49.1. The van der Waals surface area contributed by atoms with Gasteiger partial charge in [-0.1, -0.05) is 121 Å². The van der Waals surface area contributed by atoms with E-state index in [-0.39, 0.29) is 30.9 Å². The zero-order valence-corrected chi connectivity index (χ0v) is 40.3. The summed E-state index contributed by atoms with van der Waals surface area (Å²) in [5.74, 6) is -1.28. The van der Waals surface area contributed by atoms with Crippen LogP contribution in [0.1, 0.15) is 73.3 Å². The van der Waals surface area contributed by atoms with Crippen LogP contribution in [0.3, 0.4) is 0 Å². The van der Waals surface area contributed by atoms with Crippen molar-refractivity contribution >= 4 is 12.6 Å². The molecule has 0 bridgehead atoms. The molecule has 2 saturated heterocycles.